The number of hydrogen-bond donors (Lipinski definition) is 1. The summed E-state index contributed by atoms with van der Waals surface area (Å²) < 4.78 is 1.85. The minimum absolute atomic E-state index is 0.0894. The van der Waals surface area contributed by atoms with Crippen molar-refractivity contribution in [2.24, 2.45) is 0 Å². The highest BCUT2D eigenvalue weighted by molar-refractivity contribution is 5.94. The number of piperazine rings is 1. The Labute approximate surface area is 155 Å². The van der Waals surface area contributed by atoms with E-state index in [0.29, 0.717) is 5.56 Å². The quantitative estimate of drug-likeness (QED) is 0.857. The highest BCUT2D eigenvalue weighted by atomic mass is 16.1. The lowest BCUT2D eigenvalue weighted by molar-refractivity contribution is 0.0937. The van der Waals surface area contributed by atoms with Crippen molar-refractivity contribution in [3.8, 4) is 0 Å². The Bertz CT molecular complexity index is 718. The third kappa shape index (κ3) is 4.22. The number of nitrogens with one attached hydrogen (secondary N) is 1. The highest BCUT2D eigenvalue weighted by Crippen LogP contribution is 2.18. The van der Waals surface area contributed by atoms with Crippen molar-refractivity contribution < 1.29 is 4.79 Å². The zero-order valence-electron chi connectivity index (χ0n) is 15.9. The number of nitrogens with zero attached hydrogens (tertiary/aromatic N) is 5. The van der Waals surface area contributed by atoms with Crippen molar-refractivity contribution >= 4 is 11.6 Å². The van der Waals surface area contributed by atoms with E-state index in [1.807, 2.05) is 35.9 Å². The molecule has 0 radical (unpaired) electrons. The van der Waals surface area contributed by atoms with E-state index in [2.05, 4.69) is 39.2 Å². The molecule has 0 bridgehead atoms. The van der Waals surface area contributed by atoms with Crippen LogP contribution in [0.15, 0.2) is 30.6 Å². The molecule has 0 spiro atoms. The molecule has 26 heavy (non-hydrogen) atoms. The van der Waals surface area contributed by atoms with E-state index in [9.17, 15) is 4.79 Å². The molecule has 1 saturated heterocycles. The van der Waals surface area contributed by atoms with E-state index in [4.69, 9.17) is 0 Å². The first-order valence-electron chi connectivity index (χ1n) is 9.30. The molecule has 3 rings (SSSR count). The van der Waals surface area contributed by atoms with Crippen LogP contribution in [-0.4, -0.2) is 58.8 Å². The van der Waals surface area contributed by atoms with Gasteiger partial charge in [0.1, 0.15) is 12.2 Å². The highest BCUT2D eigenvalue weighted by Gasteiger charge is 2.18. The van der Waals surface area contributed by atoms with Crippen LogP contribution in [0.2, 0.25) is 0 Å². The van der Waals surface area contributed by atoms with Crippen LogP contribution in [0.4, 0.5) is 5.69 Å². The predicted molar refractivity (Wildman–Crippen MR) is 102 cm³/mol. The largest absolute Gasteiger partial charge is 0.369 e. The van der Waals surface area contributed by atoms with Gasteiger partial charge in [-0.25, -0.2) is 9.67 Å². The van der Waals surface area contributed by atoms with Gasteiger partial charge < -0.3 is 15.1 Å². The van der Waals surface area contributed by atoms with Crippen LogP contribution in [0, 0.1) is 0 Å². The molecule has 1 fully saturated rings. The number of aryl methyl sites for hydroxylation is 1. The van der Waals surface area contributed by atoms with Gasteiger partial charge in [0, 0.05) is 44.0 Å². The van der Waals surface area contributed by atoms with Gasteiger partial charge >= 0.3 is 0 Å². The third-order valence-corrected chi connectivity index (χ3v) is 4.81. The van der Waals surface area contributed by atoms with Crippen molar-refractivity contribution in [1.82, 2.24) is 25.0 Å². The van der Waals surface area contributed by atoms with Crippen molar-refractivity contribution in [2.75, 3.05) is 38.1 Å². The van der Waals surface area contributed by atoms with Gasteiger partial charge in [-0.1, -0.05) is 6.92 Å². The molecule has 1 N–H and O–H groups in total. The minimum atomic E-state index is -0.186. The fraction of sp³-hybridized carbons (Fsp3) is 0.526. The summed E-state index contributed by atoms with van der Waals surface area (Å²) in [5, 5.41) is 7.24. The fourth-order valence-electron chi connectivity index (χ4n) is 3.23. The number of hydrogen-bond acceptors (Lipinski definition) is 5. The minimum Gasteiger partial charge on any atom is -0.369 e. The molecule has 1 amide bonds. The number of anilines is 1. The SMILES string of the molecule is CCCn1ncnc1[C@H](C)NC(=O)c1ccc(N2CCN(C)CC2)cc1. The van der Waals surface area contributed by atoms with Gasteiger partial charge in [-0.05, 0) is 44.7 Å². The zero-order valence-corrected chi connectivity index (χ0v) is 15.9. The van der Waals surface area contributed by atoms with Gasteiger partial charge in [-0.2, -0.15) is 5.10 Å². The smallest absolute Gasteiger partial charge is 0.251 e. The molecule has 1 aliphatic rings. The van der Waals surface area contributed by atoms with Gasteiger partial charge in [0.2, 0.25) is 0 Å². The Balaban J connectivity index is 1.62. The maximum atomic E-state index is 12.6. The maximum absolute atomic E-state index is 12.6. The van der Waals surface area contributed by atoms with Crippen LogP contribution in [-0.2, 0) is 6.54 Å². The van der Waals surface area contributed by atoms with Crippen molar-refractivity contribution in [1.29, 1.82) is 0 Å². The van der Waals surface area contributed by atoms with Crippen molar-refractivity contribution in [2.45, 2.75) is 32.9 Å². The van der Waals surface area contributed by atoms with Gasteiger partial charge in [0.25, 0.3) is 5.91 Å². The summed E-state index contributed by atoms with van der Waals surface area (Å²) in [4.78, 5) is 21.5. The first-order valence-corrected chi connectivity index (χ1v) is 9.30. The molecule has 1 aliphatic heterocycles. The predicted octanol–water partition coefficient (Wildman–Crippen LogP) is 1.93. The topological polar surface area (TPSA) is 66.3 Å². The Kier molecular flexibility index (Phi) is 5.88. The molecule has 140 valence electrons. The lowest BCUT2D eigenvalue weighted by Crippen LogP contribution is -2.44. The summed E-state index contributed by atoms with van der Waals surface area (Å²) in [6.45, 7) is 9.01. The van der Waals surface area contributed by atoms with E-state index < -0.39 is 0 Å². The van der Waals surface area contributed by atoms with Gasteiger partial charge in [0.15, 0.2) is 0 Å². The van der Waals surface area contributed by atoms with Crippen molar-refractivity contribution in [3.63, 3.8) is 0 Å². The molecule has 0 unspecified atom stereocenters. The van der Waals surface area contributed by atoms with Gasteiger partial charge in [-0.15, -0.1) is 0 Å². The lowest BCUT2D eigenvalue weighted by atomic mass is 10.1. The number of carbonyl (C=O) groups is 1. The number of aromatic nitrogens is 3. The van der Waals surface area contributed by atoms with Crippen LogP contribution in [0.3, 0.4) is 0 Å². The van der Waals surface area contributed by atoms with Crippen molar-refractivity contribution in [3.05, 3.63) is 42.0 Å². The molecule has 1 atom stereocenters. The number of rotatable bonds is 6. The molecular weight excluding hydrogens is 328 g/mol. The summed E-state index contributed by atoms with van der Waals surface area (Å²) in [5.41, 5.74) is 1.83. The monoisotopic (exact) mass is 356 g/mol. The molecule has 7 nitrogen and oxygen atoms in total. The second kappa shape index (κ2) is 8.31. The Hall–Kier alpha value is -2.41. The molecule has 2 aromatic rings. The first kappa shape index (κ1) is 18.4. The van der Waals surface area contributed by atoms with Crippen LogP contribution >= 0.6 is 0 Å². The van der Waals surface area contributed by atoms with E-state index >= 15 is 0 Å². The average molecular weight is 356 g/mol. The van der Waals surface area contributed by atoms with Gasteiger partial charge in [-0.3, -0.25) is 4.79 Å². The van der Waals surface area contributed by atoms with Crippen LogP contribution in [0.5, 0.6) is 0 Å². The standard InChI is InChI=1S/C19H28N6O/c1-4-9-25-18(20-14-21-25)15(2)22-19(26)16-5-7-17(8-6-16)24-12-10-23(3)11-13-24/h5-8,14-15H,4,9-13H2,1-3H3,(H,22,26)/t15-/m0/s1. The summed E-state index contributed by atoms with van der Waals surface area (Å²) in [7, 11) is 2.15. The summed E-state index contributed by atoms with van der Waals surface area (Å²) >= 11 is 0. The normalized spacial score (nSPS) is 16.5. The summed E-state index contributed by atoms with van der Waals surface area (Å²) in [6.07, 6.45) is 2.52. The zero-order chi connectivity index (χ0) is 18.5. The number of amides is 1. The van der Waals surface area contributed by atoms with E-state index in [-0.39, 0.29) is 11.9 Å². The number of benzene rings is 1. The summed E-state index contributed by atoms with van der Waals surface area (Å²) in [5.74, 6) is 0.697. The molecule has 7 heteroatoms. The van der Waals surface area contributed by atoms with Crippen LogP contribution < -0.4 is 10.2 Å². The van der Waals surface area contributed by atoms with Crippen LogP contribution in [0.25, 0.3) is 0 Å². The first-order chi connectivity index (χ1) is 12.6. The Morgan fingerprint density at radius 1 is 1.19 bits per heavy atom. The summed E-state index contributed by atoms with van der Waals surface area (Å²) in [6, 6.07) is 7.67. The van der Waals surface area contributed by atoms with E-state index in [0.717, 1.165) is 45.0 Å². The molecule has 0 saturated carbocycles. The number of carbonyl (C=O) groups excluding carboxylic acids is 1. The molecule has 2 heterocycles. The second-order valence-electron chi connectivity index (χ2n) is 6.87. The lowest BCUT2D eigenvalue weighted by Gasteiger charge is -2.34. The Morgan fingerprint density at radius 2 is 1.88 bits per heavy atom. The molecule has 1 aromatic carbocycles. The average Bonchev–Trinajstić information content (AvgIpc) is 3.11. The molecular formula is C19H28N6O. The Morgan fingerprint density at radius 3 is 2.54 bits per heavy atom. The third-order valence-electron chi connectivity index (χ3n) is 4.81. The maximum Gasteiger partial charge on any atom is 0.251 e. The fourth-order valence-corrected chi connectivity index (χ4v) is 3.23. The molecule has 0 aliphatic carbocycles. The second-order valence-corrected chi connectivity index (χ2v) is 6.87. The van der Waals surface area contributed by atoms with Crippen LogP contribution in [0.1, 0.15) is 42.5 Å². The van der Waals surface area contributed by atoms with Gasteiger partial charge in [0.05, 0.1) is 6.04 Å². The number of likely N-dealkylation sites (N-methyl/N-ethyl adjacent to an activating group) is 1. The van der Waals surface area contributed by atoms with E-state index in [1.54, 1.807) is 6.33 Å². The van der Waals surface area contributed by atoms with E-state index in [1.165, 1.54) is 5.69 Å². The molecule has 1 aromatic heterocycles.